The van der Waals surface area contributed by atoms with Gasteiger partial charge in [0.15, 0.2) is 0 Å². The van der Waals surface area contributed by atoms with E-state index in [2.05, 4.69) is 0 Å². The maximum Gasteiger partial charge on any atom is 0.335 e. The van der Waals surface area contributed by atoms with E-state index in [0.717, 1.165) is 0 Å². The topological polar surface area (TPSA) is 76.1 Å². The Hall–Kier alpha value is -2.12. The Bertz CT molecular complexity index is 433. The minimum atomic E-state index is -0.504. The van der Waals surface area contributed by atoms with Crippen molar-refractivity contribution < 1.29 is 9.53 Å². The monoisotopic (exact) mass is 216 g/mol. The quantitative estimate of drug-likeness (QED) is 0.468. The smallest absolute Gasteiger partial charge is 0.335 e. The van der Waals surface area contributed by atoms with E-state index in [-0.39, 0.29) is 5.75 Å². The van der Waals surface area contributed by atoms with Crippen LogP contribution in [0.1, 0.15) is 12.0 Å². The summed E-state index contributed by atoms with van der Waals surface area (Å²) < 4.78 is 4.99. The maximum atomic E-state index is 11.3. The van der Waals surface area contributed by atoms with Crippen LogP contribution in [0.25, 0.3) is 0 Å². The first-order chi connectivity index (χ1) is 7.77. The van der Waals surface area contributed by atoms with Gasteiger partial charge >= 0.3 is 5.97 Å². The van der Waals surface area contributed by atoms with Crippen LogP contribution >= 0.6 is 0 Å². The average molecular weight is 216 g/mol. The normalized spacial score (nSPS) is 10.0. The standard InChI is InChI=1S/C12H12N2O2/c13-8-4-3-7-12(15)16-11-6-2-1-5-10(11)9-14/h1-3,5-7H,4,8,13H2. The zero-order valence-corrected chi connectivity index (χ0v) is 8.72. The highest BCUT2D eigenvalue weighted by Crippen LogP contribution is 2.16. The fraction of sp³-hybridized carbons (Fsp3) is 0.167. The lowest BCUT2D eigenvalue weighted by Crippen LogP contribution is -2.05. The summed E-state index contributed by atoms with van der Waals surface area (Å²) >= 11 is 0. The number of nitrogens with zero attached hydrogens (tertiary/aromatic N) is 1. The molecule has 0 aliphatic rings. The Balaban J connectivity index is 2.67. The lowest BCUT2D eigenvalue weighted by atomic mass is 10.2. The van der Waals surface area contributed by atoms with Crippen molar-refractivity contribution in [1.82, 2.24) is 0 Å². The molecule has 0 aromatic heterocycles. The molecular weight excluding hydrogens is 204 g/mol. The molecule has 1 aromatic carbocycles. The zero-order chi connectivity index (χ0) is 11.8. The predicted octanol–water partition coefficient (Wildman–Crippen LogP) is 1.37. The molecule has 2 N–H and O–H groups in total. The summed E-state index contributed by atoms with van der Waals surface area (Å²) in [5, 5.41) is 8.77. The van der Waals surface area contributed by atoms with Gasteiger partial charge in [-0.3, -0.25) is 0 Å². The SMILES string of the molecule is N#Cc1ccccc1OC(=O)C=CCCN. The number of nitrogens with two attached hydrogens (primary N) is 1. The Morgan fingerprint density at radius 3 is 2.94 bits per heavy atom. The zero-order valence-electron chi connectivity index (χ0n) is 8.72. The van der Waals surface area contributed by atoms with Crippen LogP contribution in [0.5, 0.6) is 5.75 Å². The van der Waals surface area contributed by atoms with E-state index < -0.39 is 5.97 Å². The van der Waals surface area contributed by atoms with Crippen LogP contribution in [0.3, 0.4) is 0 Å². The first kappa shape index (κ1) is 12.0. The van der Waals surface area contributed by atoms with Gasteiger partial charge in [0.2, 0.25) is 0 Å². The van der Waals surface area contributed by atoms with E-state index in [9.17, 15) is 4.79 Å². The summed E-state index contributed by atoms with van der Waals surface area (Å²) in [6, 6.07) is 8.52. The molecule has 0 heterocycles. The largest absolute Gasteiger partial charge is 0.422 e. The van der Waals surface area contributed by atoms with Crippen molar-refractivity contribution in [3.63, 3.8) is 0 Å². The minimum Gasteiger partial charge on any atom is -0.422 e. The van der Waals surface area contributed by atoms with Crippen molar-refractivity contribution in [3.8, 4) is 11.8 Å². The number of para-hydroxylation sites is 1. The van der Waals surface area contributed by atoms with Gasteiger partial charge in [-0.15, -0.1) is 0 Å². The van der Waals surface area contributed by atoms with Crippen molar-refractivity contribution in [2.75, 3.05) is 6.54 Å². The Morgan fingerprint density at radius 1 is 1.50 bits per heavy atom. The molecule has 0 unspecified atom stereocenters. The molecule has 0 spiro atoms. The van der Waals surface area contributed by atoms with Crippen LogP contribution in [-0.4, -0.2) is 12.5 Å². The first-order valence-electron chi connectivity index (χ1n) is 4.85. The molecule has 0 fully saturated rings. The van der Waals surface area contributed by atoms with Crippen LogP contribution in [0.4, 0.5) is 0 Å². The third-order valence-corrected chi connectivity index (χ3v) is 1.81. The van der Waals surface area contributed by atoms with Crippen molar-refractivity contribution in [1.29, 1.82) is 5.26 Å². The molecule has 0 aliphatic heterocycles. The number of nitriles is 1. The molecule has 1 aromatic rings. The number of carbonyl (C=O) groups excluding carboxylic acids is 1. The van der Waals surface area contributed by atoms with Crippen LogP contribution in [0.2, 0.25) is 0 Å². The van der Waals surface area contributed by atoms with Gasteiger partial charge in [-0.05, 0) is 25.1 Å². The summed E-state index contributed by atoms with van der Waals surface area (Å²) in [6.45, 7) is 0.485. The van der Waals surface area contributed by atoms with Gasteiger partial charge in [-0.1, -0.05) is 18.2 Å². The molecular formula is C12H12N2O2. The predicted molar refractivity (Wildman–Crippen MR) is 59.6 cm³/mol. The number of hydrogen-bond donors (Lipinski definition) is 1. The Kier molecular flexibility index (Phi) is 4.77. The lowest BCUT2D eigenvalue weighted by molar-refractivity contribution is -0.129. The third-order valence-electron chi connectivity index (χ3n) is 1.81. The van der Waals surface area contributed by atoms with Gasteiger partial charge in [-0.25, -0.2) is 4.79 Å². The molecule has 0 amide bonds. The highest BCUT2D eigenvalue weighted by atomic mass is 16.5. The van der Waals surface area contributed by atoms with Gasteiger partial charge in [0.05, 0.1) is 5.56 Å². The summed E-state index contributed by atoms with van der Waals surface area (Å²) in [7, 11) is 0. The van der Waals surface area contributed by atoms with Crippen LogP contribution in [0, 0.1) is 11.3 Å². The second kappa shape index (κ2) is 6.38. The van der Waals surface area contributed by atoms with Crippen LogP contribution < -0.4 is 10.5 Å². The second-order valence-corrected chi connectivity index (χ2v) is 3.01. The first-order valence-corrected chi connectivity index (χ1v) is 4.85. The molecule has 4 heteroatoms. The molecule has 0 saturated heterocycles. The number of rotatable bonds is 4. The molecule has 0 radical (unpaired) electrons. The molecule has 0 bridgehead atoms. The molecule has 16 heavy (non-hydrogen) atoms. The van der Waals surface area contributed by atoms with Crippen LogP contribution in [-0.2, 0) is 4.79 Å². The molecule has 0 saturated carbocycles. The molecule has 0 aliphatic carbocycles. The number of carbonyl (C=O) groups is 1. The summed E-state index contributed by atoms with van der Waals surface area (Å²) in [6.07, 6.45) is 3.56. The Labute approximate surface area is 93.9 Å². The average Bonchev–Trinajstić information content (AvgIpc) is 2.30. The van der Waals surface area contributed by atoms with Gasteiger partial charge in [0.25, 0.3) is 0 Å². The lowest BCUT2D eigenvalue weighted by Gasteiger charge is -2.02. The van der Waals surface area contributed by atoms with E-state index in [1.807, 2.05) is 6.07 Å². The van der Waals surface area contributed by atoms with Crippen molar-refractivity contribution >= 4 is 5.97 Å². The summed E-state index contributed by atoms with van der Waals surface area (Å²) in [5.74, 6) is -0.233. The fourth-order valence-corrected chi connectivity index (χ4v) is 1.07. The Morgan fingerprint density at radius 2 is 2.25 bits per heavy atom. The minimum absolute atomic E-state index is 0.271. The maximum absolute atomic E-state index is 11.3. The van der Waals surface area contributed by atoms with Crippen LogP contribution in [0.15, 0.2) is 36.4 Å². The van der Waals surface area contributed by atoms with Crippen molar-refractivity contribution in [2.45, 2.75) is 6.42 Å². The number of ether oxygens (including phenoxy) is 1. The van der Waals surface area contributed by atoms with E-state index in [1.54, 1.807) is 30.3 Å². The highest BCUT2D eigenvalue weighted by Gasteiger charge is 2.04. The molecule has 1 rings (SSSR count). The highest BCUT2D eigenvalue weighted by molar-refractivity contribution is 5.84. The van der Waals surface area contributed by atoms with Crippen molar-refractivity contribution in [2.24, 2.45) is 5.73 Å². The van der Waals surface area contributed by atoms with E-state index >= 15 is 0 Å². The van der Waals surface area contributed by atoms with Crippen molar-refractivity contribution in [3.05, 3.63) is 42.0 Å². The summed E-state index contributed by atoms with van der Waals surface area (Å²) in [5.41, 5.74) is 5.60. The van der Waals surface area contributed by atoms with Gasteiger partial charge in [0, 0.05) is 6.08 Å². The number of benzene rings is 1. The third kappa shape index (κ3) is 3.56. The van der Waals surface area contributed by atoms with Gasteiger partial charge in [0.1, 0.15) is 11.8 Å². The molecule has 82 valence electrons. The number of hydrogen-bond acceptors (Lipinski definition) is 4. The van der Waals surface area contributed by atoms with E-state index in [0.29, 0.717) is 18.5 Å². The van der Waals surface area contributed by atoms with E-state index in [4.69, 9.17) is 15.7 Å². The van der Waals surface area contributed by atoms with Gasteiger partial charge in [-0.2, -0.15) is 5.26 Å². The molecule has 0 atom stereocenters. The van der Waals surface area contributed by atoms with E-state index in [1.165, 1.54) is 6.08 Å². The molecule has 4 nitrogen and oxygen atoms in total. The second-order valence-electron chi connectivity index (χ2n) is 3.01. The number of esters is 1. The summed E-state index contributed by atoms with van der Waals surface area (Å²) in [4.78, 5) is 11.3. The fourth-order valence-electron chi connectivity index (χ4n) is 1.07. The van der Waals surface area contributed by atoms with Gasteiger partial charge < -0.3 is 10.5 Å².